The van der Waals surface area contributed by atoms with E-state index in [9.17, 15) is 9.90 Å². The van der Waals surface area contributed by atoms with Gasteiger partial charge in [0, 0.05) is 31.5 Å². The number of aromatic nitrogens is 2. The van der Waals surface area contributed by atoms with E-state index in [-0.39, 0.29) is 5.54 Å². The van der Waals surface area contributed by atoms with Gasteiger partial charge in [0.1, 0.15) is 11.7 Å². The van der Waals surface area contributed by atoms with Gasteiger partial charge in [-0.2, -0.15) is 0 Å². The number of aromatic carboxylic acids is 1. The summed E-state index contributed by atoms with van der Waals surface area (Å²) >= 11 is 0. The molecule has 1 saturated carbocycles. The summed E-state index contributed by atoms with van der Waals surface area (Å²) in [5, 5.41) is 9.64. The third-order valence-corrected chi connectivity index (χ3v) is 8.78. The standard InChI is InChI=1S/C34H32N4O2/c1-4-9-30-36-31-21(2)18-26(32-35-28-12-7-8-13-29(28)37(32)3)27-19-34(27,31)38(30)20-22-14-16-23(17-15-22)24-10-5-6-11-25(24)33(39)40/h5-8,10-18,27H,4,9,19-20H2,1-3H3,(H,39,40). The molecule has 6 heteroatoms. The van der Waals surface area contributed by atoms with E-state index >= 15 is 0 Å². The summed E-state index contributed by atoms with van der Waals surface area (Å²) in [5.41, 5.74) is 8.97. The minimum absolute atomic E-state index is 0.120. The molecule has 1 aromatic heterocycles. The van der Waals surface area contributed by atoms with Crippen LogP contribution in [0, 0.1) is 5.92 Å². The fourth-order valence-electron chi connectivity index (χ4n) is 6.82. The van der Waals surface area contributed by atoms with E-state index in [1.54, 1.807) is 12.1 Å². The summed E-state index contributed by atoms with van der Waals surface area (Å²) in [5.74, 6) is 1.65. The lowest BCUT2D eigenvalue weighted by Gasteiger charge is -2.32. The number of amidine groups is 1. The van der Waals surface area contributed by atoms with Gasteiger partial charge in [-0.25, -0.2) is 14.8 Å². The third kappa shape index (κ3) is 3.59. The first-order valence-electron chi connectivity index (χ1n) is 14.0. The molecular weight excluding hydrogens is 496 g/mol. The molecule has 7 rings (SSSR count). The number of aliphatic imine (C=N–C) groups is 1. The minimum atomic E-state index is -0.910. The molecule has 0 amide bonds. The van der Waals surface area contributed by atoms with E-state index in [0.29, 0.717) is 11.5 Å². The maximum absolute atomic E-state index is 11.8. The number of nitrogens with zero attached hydrogens (tertiary/aromatic N) is 4. The average molecular weight is 529 g/mol. The van der Waals surface area contributed by atoms with Crippen molar-refractivity contribution in [1.82, 2.24) is 14.5 Å². The summed E-state index contributed by atoms with van der Waals surface area (Å²) in [7, 11) is 2.12. The quantitative estimate of drug-likeness (QED) is 0.278. The number of carboxylic acid groups (broad SMARTS) is 1. The van der Waals surface area contributed by atoms with E-state index in [0.717, 1.165) is 53.8 Å². The molecule has 40 heavy (non-hydrogen) atoms. The van der Waals surface area contributed by atoms with Crippen LogP contribution in [0.5, 0.6) is 0 Å². The van der Waals surface area contributed by atoms with Gasteiger partial charge in [-0.05, 0) is 60.2 Å². The normalized spacial score (nSPS) is 21.3. The van der Waals surface area contributed by atoms with Crippen molar-refractivity contribution in [2.75, 3.05) is 0 Å². The molecule has 4 aromatic rings. The first kappa shape index (κ1) is 24.6. The van der Waals surface area contributed by atoms with E-state index in [1.807, 2.05) is 30.3 Å². The second-order valence-electron chi connectivity index (χ2n) is 11.2. The van der Waals surface area contributed by atoms with Gasteiger partial charge in [0.15, 0.2) is 0 Å². The highest BCUT2D eigenvalue weighted by Crippen LogP contribution is 2.65. The molecule has 2 heterocycles. The molecule has 2 unspecified atom stereocenters. The van der Waals surface area contributed by atoms with Crippen LogP contribution in [-0.2, 0) is 13.6 Å². The third-order valence-electron chi connectivity index (χ3n) is 8.78. The van der Waals surface area contributed by atoms with Gasteiger partial charge in [-0.3, -0.25) is 0 Å². The van der Waals surface area contributed by atoms with Crippen molar-refractivity contribution in [3.8, 4) is 11.1 Å². The smallest absolute Gasteiger partial charge is 0.336 e. The van der Waals surface area contributed by atoms with E-state index < -0.39 is 5.97 Å². The lowest BCUT2D eigenvalue weighted by Crippen LogP contribution is -2.40. The SMILES string of the molecule is CCCC1=NC2=C(C)C=C(c3nc4ccccc4n3C)C3CC23N1Cc1ccc(-c2ccccc2C(=O)O)cc1. The fourth-order valence-corrected chi connectivity index (χ4v) is 6.82. The molecule has 1 spiro atoms. The van der Waals surface area contributed by atoms with Gasteiger partial charge in [-0.15, -0.1) is 0 Å². The molecule has 2 atom stereocenters. The Kier molecular flexibility index (Phi) is 5.56. The van der Waals surface area contributed by atoms with Crippen molar-refractivity contribution in [3.63, 3.8) is 0 Å². The van der Waals surface area contributed by atoms with Crippen LogP contribution in [0.4, 0.5) is 0 Å². The Morgan fingerprint density at radius 1 is 1.05 bits per heavy atom. The second kappa shape index (κ2) is 9.05. The number of fused-ring (bicyclic) bond motifs is 1. The Bertz CT molecular complexity index is 1780. The zero-order chi connectivity index (χ0) is 27.6. The van der Waals surface area contributed by atoms with Crippen LogP contribution in [0.1, 0.15) is 54.9 Å². The zero-order valence-corrected chi connectivity index (χ0v) is 23.1. The lowest BCUT2D eigenvalue weighted by molar-refractivity contribution is 0.0697. The fraction of sp³-hybridized carbons (Fsp3) is 0.265. The number of aryl methyl sites for hydroxylation is 1. The lowest BCUT2D eigenvalue weighted by atomic mass is 9.91. The maximum atomic E-state index is 11.8. The number of para-hydroxylation sites is 2. The molecule has 2 aliphatic carbocycles. The molecule has 1 aliphatic heterocycles. The number of imidazole rings is 1. The Morgan fingerprint density at radius 3 is 2.55 bits per heavy atom. The number of carbonyl (C=O) groups is 1. The van der Waals surface area contributed by atoms with E-state index in [1.165, 1.54) is 28.2 Å². The van der Waals surface area contributed by atoms with E-state index in [4.69, 9.17) is 9.98 Å². The highest BCUT2D eigenvalue weighted by atomic mass is 16.4. The van der Waals surface area contributed by atoms with Gasteiger partial charge in [0.05, 0.1) is 27.8 Å². The molecule has 1 N–H and O–H groups in total. The van der Waals surface area contributed by atoms with Crippen LogP contribution in [-0.4, -0.2) is 36.9 Å². The molecule has 200 valence electrons. The van der Waals surface area contributed by atoms with Crippen LogP contribution in [0.15, 0.2) is 95.1 Å². The van der Waals surface area contributed by atoms with Gasteiger partial charge < -0.3 is 14.6 Å². The molecule has 0 radical (unpaired) electrons. The van der Waals surface area contributed by atoms with Crippen molar-refractivity contribution >= 4 is 28.4 Å². The molecular formula is C34H32N4O2. The van der Waals surface area contributed by atoms with Gasteiger partial charge >= 0.3 is 5.97 Å². The van der Waals surface area contributed by atoms with Gasteiger partial charge in [0.2, 0.25) is 0 Å². The van der Waals surface area contributed by atoms with Crippen LogP contribution in [0.3, 0.4) is 0 Å². The molecule has 3 aromatic carbocycles. The molecule has 3 aliphatic rings. The predicted molar refractivity (Wildman–Crippen MR) is 159 cm³/mol. The number of rotatable bonds is 7. The highest BCUT2D eigenvalue weighted by Gasteiger charge is 2.67. The predicted octanol–water partition coefficient (Wildman–Crippen LogP) is 7.08. The second-order valence-corrected chi connectivity index (χ2v) is 11.2. The van der Waals surface area contributed by atoms with Crippen LogP contribution in [0.25, 0.3) is 27.7 Å². The Labute approximate surface area is 234 Å². The first-order chi connectivity index (χ1) is 19.4. The van der Waals surface area contributed by atoms with E-state index in [2.05, 4.69) is 66.8 Å². The van der Waals surface area contributed by atoms with Crippen molar-refractivity contribution in [2.45, 2.75) is 45.2 Å². The Hall–Kier alpha value is -4.45. The maximum Gasteiger partial charge on any atom is 0.336 e. The van der Waals surface area contributed by atoms with Crippen LogP contribution >= 0.6 is 0 Å². The highest BCUT2D eigenvalue weighted by molar-refractivity contribution is 5.96. The largest absolute Gasteiger partial charge is 0.478 e. The van der Waals surface area contributed by atoms with Crippen molar-refractivity contribution in [2.24, 2.45) is 18.0 Å². The number of carboxylic acids is 1. The molecule has 6 nitrogen and oxygen atoms in total. The molecule has 1 fully saturated rings. The number of benzene rings is 3. The number of hydrogen-bond acceptors (Lipinski definition) is 4. The Morgan fingerprint density at radius 2 is 1.80 bits per heavy atom. The van der Waals surface area contributed by atoms with Gasteiger partial charge in [0.25, 0.3) is 0 Å². The van der Waals surface area contributed by atoms with Crippen molar-refractivity contribution < 1.29 is 9.90 Å². The average Bonchev–Trinajstić information content (AvgIpc) is 3.53. The molecule has 0 bridgehead atoms. The Balaban J connectivity index is 1.23. The van der Waals surface area contributed by atoms with Crippen LogP contribution in [0.2, 0.25) is 0 Å². The number of allylic oxidation sites excluding steroid dienone is 2. The first-order valence-corrected chi connectivity index (χ1v) is 14.0. The minimum Gasteiger partial charge on any atom is -0.478 e. The monoisotopic (exact) mass is 528 g/mol. The summed E-state index contributed by atoms with van der Waals surface area (Å²) in [4.78, 5) is 24.6. The summed E-state index contributed by atoms with van der Waals surface area (Å²) in [6.45, 7) is 5.17. The van der Waals surface area contributed by atoms with Crippen LogP contribution < -0.4 is 0 Å². The number of hydrogen-bond donors (Lipinski definition) is 1. The van der Waals surface area contributed by atoms with Gasteiger partial charge in [-0.1, -0.05) is 67.6 Å². The molecule has 0 saturated heterocycles. The zero-order valence-electron chi connectivity index (χ0n) is 23.1. The summed E-state index contributed by atoms with van der Waals surface area (Å²) < 4.78 is 2.23. The van der Waals surface area contributed by atoms with Crippen molar-refractivity contribution in [1.29, 1.82) is 0 Å². The summed E-state index contributed by atoms with van der Waals surface area (Å²) in [6.07, 6.45) is 5.34. The van der Waals surface area contributed by atoms with Crippen molar-refractivity contribution in [3.05, 3.63) is 107 Å². The summed E-state index contributed by atoms with van der Waals surface area (Å²) in [6, 6.07) is 23.9. The topological polar surface area (TPSA) is 70.7 Å².